The normalized spacial score (nSPS) is 9.38. The molecule has 0 N–H and O–H groups in total. The zero-order chi connectivity index (χ0) is 10.3. The van der Waals surface area contributed by atoms with Crippen LogP contribution in [0.15, 0.2) is 24.7 Å². The minimum absolute atomic E-state index is 0.0214. The monoisotopic (exact) mass is 186 g/mol. The Balaban J connectivity index is 3.80. The standard InChI is InChI=1S/C8H10O5/c1-6(13-8(10)11-3)4-5-12-7(2)9/h4-5H,1H2,2-3H3/b5-4+. The molecule has 5 heteroatoms. The van der Waals surface area contributed by atoms with Crippen LogP contribution in [0.3, 0.4) is 0 Å². The molecule has 0 saturated heterocycles. The lowest BCUT2D eigenvalue weighted by molar-refractivity contribution is -0.135. The highest BCUT2D eigenvalue weighted by molar-refractivity contribution is 5.66. The summed E-state index contributed by atoms with van der Waals surface area (Å²) >= 11 is 0. The van der Waals surface area contributed by atoms with Gasteiger partial charge in [-0.1, -0.05) is 6.58 Å². The summed E-state index contributed by atoms with van der Waals surface area (Å²) in [5.41, 5.74) is 0. The summed E-state index contributed by atoms with van der Waals surface area (Å²) in [6.45, 7) is 4.58. The molecule has 0 heterocycles. The quantitative estimate of drug-likeness (QED) is 0.378. The first-order valence-corrected chi connectivity index (χ1v) is 3.34. The number of hydrogen-bond donors (Lipinski definition) is 0. The Labute approximate surface area is 75.6 Å². The zero-order valence-corrected chi connectivity index (χ0v) is 7.40. The number of hydrogen-bond acceptors (Lipinski definition) is 5. The van der Waals surface area contributed by atoms with Crippen LogP contribution in [0.1, 0.15) is 6.92 Å². The molecule has 0 aromatic carbocycles. The van der Waals surface area contributed by atoms with E-state index in [2.05, 4.69) is 20.8 Å². The maximum Gasteiger partial charge on any atom is 0.513 e. The minimum Gasteiger partial charge on any atom is -0.437 e. The third kappa shape index (κ3) is 6.61. The van der Waals surface area contributed by atoms with Crippen molar-refractivity contribution in [2.24, 2.45) is 0 Å². The van der Waals surface area contributed by atoms with Crippen LogP contribution in [0.5, 0.6) is 0 Å². The molecular weight excluding hydrogens is 176 g/mol. The Morgan fingerprint density at radius 2 is 2.00 bits per heavy atom. The predicted molar refractivity (Wildman–Crippen MR) is 43.5 cm³/mol. The highest BCUT2D eigenvalue weighted by Crippen LogP contribution is 1.98. The lowest BCUT2D eigenvalue weighted by atomic mass is 10.5. The topological polar surface area (TPSA) is 61.8 Å². The first kappa shape index (κ1) is 11.2. The van der Waals surface area contributed by atoms with Crippen molar-refractivity contribution in [1.29, 1.82) is 0 Å². The molecule has 0 unspecified atom stereocenters. The van der Waals surface area contributed by atoms with Gasteiger partial charge in [-0.3, -0.25) is 4.79 Å². The molecule has 0 spiro atoms. The van der Waals surface area contributed by atoms with Gasteiger partial charge in [-0.2, -0.15) is 0 Å². The van der Waals surface area contributed by atoms with E-state index in [9.17, 15) is 9.59 Å². The SMILES string of the molecule is C=C(/C=C/OC(C)=O)OC(=O)OC. The fraction of sp³-hybridized carbons (Fsp3) is 0.250. The summed E-state index contributed by atoms with van der Waals surface area (Å²) in [4.78, 5) is 20.7. The maximum absolute atomic E-state index is 10.5. The van der Waals surface area contributed by atoms with E-state index in [4.69, 9.17) is 0 Å². The lowest BCUT2D eigenvalue weighted by Crippen LogP contribution is -2.02. The van der Waals surface area contributed by atoms with Crippen molar-refractivity contribution in [3.63, 3.8) is 0 Å². The van der Waals surface area contributed by atoms with Crippen LogP contribution in [0, 0.1) is 0 Å². The Hall–Kier alpha value is -1.78. The molecule has 13 heavy (non-hydrogen) atoms. The second-order valence-electron chi connectivity index (χ2n) is 1.93. The molecule has 0 saturated carbocycles. The van der Waals surface area contributed by atoms with Gasteiger partial charge in [-0.25, -0.2) is 4.79 Å². The van der Waals surface area contributed by atoms with Crippen molar-refractivity contribution in [3.8, 4) is 0 Å². The number of allylic oxidation sites excluding steroid dienone is 1. The fourth-order valence-electron chi connectivity index (χ4n) is 0.388. The Morgan fingerprint density at radius 1 is 1.38 bits per heavy atom. The Bertz CT molecular complexity index is 241. The van der Waals surface area contributed by atoms with E-state index in [1.807, 2.05) is 0 Å². The van der Waals surface area contributed by atoms with Crippen LogP contribution in [0.4, 0.5) is 4.79 Å². The molecule has 0 atom stereocenters. The highest BCUT2D eigenvalue weighted by Gasteiger charge is 2.00. The largest absolute Gasteiger partial charge is 0.513 e. The number of esters is 1. The van der Waals surface area contributed by atoms with Gasteiger partial charge in [0.25, 0.3) is 0 Å². The molecule has 0 rings (SSSR count). The molecule has 0 aromatic heterocycles. The lowest BCUT2D eigenvalue weighted by Gasteiger charge is -1.99. The van der Waals surface area contributed by atoms with Gasteiger partial charge in [-0.15, -0.1) is 0 Å². The molecule has 0 bridgehead atoms. The smallest absolute Gasteiger partial charge is 0.437 e. The van der Waals surface area contributed by atoms with E-state index >= 15 is 0 Å². The molecule has 0 aliphatic carbocycles. The van der Waals surface area contributed by atoms with E-state index in [-0.39, 0.29) is 5.76 Å². The minimum atomic E-state index is -0.877. The van der Waals surface area contributed by atoms with Gasteiger partial charge in [0, 0.05) is 13.0 Å². The fourth-order valence-corrected chi connectivity index (χ4v) is 0.388. The second-order valence-corrected chi connectivity index (χ2v) is 1.93. The average molecular weight is 186 g/mol. The van der Waals surface area contributed by atoms with Crippen LogP contribution < -0.4 is 0 Å². The van der Waals surface area contributed by atoms with Crippen molar-refractivity contribution in [2.75, 3.05) is 7.11 Å². The summed E-state index contributed by atoms with van der Waals surface area (Å²) in [6, 6.07) is 0. The van der Waals surface area contributed by atoms with Gasteiger partial charge in [0.15, 0.2) is 0 Å². The third-order valence-electron chi connectivity index (χ3n) is 0.869. The van der Waals surface area contributed by atoms with Crippen molar-refractivity contribution < 1.29 is 23.8 Å². The van der Waals surface area contributed by atoms with Crippen molar-refractivity contribution >= 4 is 12.1 Å². The second kappa shape index (κ2) is 5.82. The van der Waals surface area contributed by atoms with Gasteiger partial charge in [0.1, 0.15) is 5.76 Å². The first-order valence-electron chi connectivity index (χ1n) is 3.34. The van der Waals surface area contributed by atoms with E-state index in [1.54, 1.807) is 0 Å². The van der Waals surface area contributed by atoms with Crippen LogP contribution in [0.25, 0.3) is 0 Å². The maximum atomic E-state index is 10.5. The van der Waals surface area contributed by atoms with E-state index in [0.29, 0.717) is 0 Å². The van der Waals surface area contributed by atoms with Crippen LogP contribution >= 0.6 is 0 Å². The van der Waals surface area contributed by atoms with Crippen LogP contribution in [-0.2, 0) is 19.0 Å². The van der Waals surface area contributed by atoms with Crippen molar-refractivity contribution in [2.45, 2.75) is 6.92 Å². The van der Waals surface area contributed by atoms with Crippen LogP contribution in [0.2, 0.25) is 0 Å². The van der Waals surface area contributed by atoms with Crippen molar-refractivity contribution in [3.05, 3.63) is 24.7 Å². The van der Waals surface area contributed by atoms with E-state index < -0.39 is 12.1 Å². The molecule has 0 fully saturated rings. The molecule has 5 nitrogen and oxygen atoms in total. The van der Waals surface area contributed by atoms with Gasteiger partial charge >= 0.3 is 12.1 Å². The molecular formula is C8H10O5. The summed E-state index contributed by atoms with van der Waals surface area (Å²) in [5, 5.41) is 0. The number of rotatable bonds is 3. The molecule has 72 valence electrons. The average Bonchev–Trinajstić information content (AvgIpc) is 2.03. The summed E-state index contributed by atoms with van der Waals surface area (Å²) in [7, 11) is 1.17. The van der Waals surface area contributed by atoms with E-state index in [1.165, 1.54) is 20.1 Å². The third-order valence-corrected chi connectivity index (χ3v) is 0.869. The van der Waals surface area contributed by atoms with Gasteiger partial charge < -0.3 is 14.2 Å². The summed E-state index contributed by atoms with van der Waals surface area (Å²) in [5.74, 6) is -0.449. The van der Waals surface area contributed by atoms with Crippen LogP contribution in [-0.4, -0.2) is 19.2 Å². The van der Waals surface area contributed by atoms with Gasteiger partial charge in [0.2, 0.25) is 0 Å². The predicted octanol–water partition coefficient (Wildman–Crippen LogP) is 1.36. The molecule has 0 aromatic rings. The number of carbonyl (C=O) groups excluding carboxylic acids is 2. The molecule has 0 radical (unpaired) electrons. The Kier molecular flexibility index (Phi) is 5.02. The first-order chi connectivity index (χ1) is 6.06. The summed E-state index contributed by atoms with van der Waals surface area (Å²) in [6.07, 6.45) is 1.41. The van der Waals surface area contributed by atoms with E-state index in [0.717, 1.165) is 6.26 Å². The number of ether oxygens (including phenoxy) is 3. The number of carbonyl (C=O) groups is 2. The molecule has 0 aliphatic rings. The highest BCUT2D eigenvalue weighted by atomic mass is 16.7. The Morgan fingerprint density at radius 3 is 2.46 bits per heavy atom. The molecule has 0 aliphatic heterocycles. The van der Waals surface area contributed by atoms with Gasteiger partial charge in [0.05, 0.1) is 13.4 Å². The van der Waals surface area contributed by atoms with Crippen molar-refractivity contribution in [1.82, 2.24) is 0 Å². The summed E-state index contributed by atoms with van der Waals surface area (Å²) < 4.78 is 13.0. The van der Waals surface area contributed by atoms with Gasteiger partial charge in [-0.05, 0) is 0 Å². The zero-order valence-electron chi connectivity index (χ0n) is 7.40. The number of methoxy groups -OCH3 is 1. The molecule has 0 amide bonds.